The van der Waals surface area contributed by atoms with Crippen LogP contribution < -0.4 is 5.32 Å². The normalized spacial score (nSPS) is 16.3. The molecule has 0 atom stereocenters. The van der Waals surface area contributed by atoms with Crippen LogP contribution in [0.25, 0.3) is 0 Å². The van der Waals surface area contributed by atoms with Crippen molar-refractivity contribution in [2.45, 2.75) is 18.4 Å². The average Bonchev–Trinajstić information content (AvgIpc) is 2.63. The molecule has 0 spiro atoms. The molecule has 0 bridgehead atoms. The van der Waals surface area contributed by atoms with Gasteiger partial charge in [0.15, 0.2) is 0 Å². The third-order valence-electron chi connectivity index (χ3n) is 4.37. The van der Waals surface area contributed by atoms with Gasteiger partial charge in [0.1, 0.15) is 0 Å². The van der Waals surface area contributed by atoms with E-state index >= 15 is 0 Å². The molecule has 0 aromatic heterocycles. The molecular formula is C18H18N2O4. The first-order chi connectivity index (χ1) is 11.6. The highest BCUT2D eigenvalue weighted by atomic mass is 16.6. The molecule has 1 aliphatic rings. The van der Waals surface area contributed by atoms with Crippen LogP contribution >= 0.6 is 0 Å². The molecule has 1 fully saturated rings. The summed E-state index contributed by atoms with van der Waals surface area (Å²) < 4.78 is 5.45. The summed E-state index contributed by atoms with van der Waals surface area (Å²) in [6.45, 7) is 1.16. The van der Waals surface area contributed by atoms with E-state index in [0.29, 0.717) is 31.6 Å². The van der Waals surface area contributed by atoms with Crippen LogP contribution in [0.1, 0.15) is 28.8 Å². The van der Waals surface area contributed by atoms with Crippen LogP contribution in [-0.2, 0) is 10.3 Å². The molecule has 1 amide bonds. The van der Waals surface area contributed by atoms with Gasteiger partial charge < -0.3 is 10.1 Å². The van der Waals surface area contributed by atoms with Crippen molar-refractivity contribution in [1.29, 1.82) is 0 Å². The van der Waals surface area contributed by atoms with E-state index in [2.05, 4.69) is 5.32 Å². The maximum absolute atomic E-state index is 12.7. The van der Waals surface area contributed by atoms with Crippen molar-refractivity contribution in [2.24, 2.45) is 0 Å². The van der Waals surface area contributed by atoms with Crippen LogP contribution in [0.3, 0.4) is 0 Å². The van der Waals surface area contributed by atoms with Crippen LogP contribution in [0, 0.1) is 10.1 Å². The number of carbonyl (C=O) groups is 1. The fourth-order valence-corrected chi connectivity index (χ4v) is 2.99. The highest BCUT2D eigenvalue weighted by molar-refractivity contribution is 5.95. The Labute approximate surface area is 139 Å². The molecule has 3 rings (SSSR count). The Morgan fingerprint density at radius 1 is 1.04 bits per heavy atom. The smallest absolute Gasteiger partial charge is 0.269 e. The van der Waals surface area contributed by atoms with Gasteiger partial charge in [0.05, 0.1) is 10.5 Å². The summed E-state index contributed by atoms with van der Waals surface area (Å²) in [6.07, 6.45) is 1.38. The monoisotopic (exact) mass is 326 g/mol. The molecule has 0 unspecified atom stereocenters. The minimum absolute atomic E-state index is 0.0320. The third kappa shape index (κ3) is 3.28. The molecule has 24 heavy (non-hydrogen) atoms. The van der Waals surface area contributed by atoms with Gasteiger partial charge in [-0.3, -0.25) is 14.9 Å². The molecule has 1 saturated heterocycles. The van der Waals surface area contributed by atoms with Gasteiger partial charge >= 0.3 is 0 Å². The number of amides is 1. The van der Waals surface area contributed by atoms with Crippen LogP contribution in [-0.4, -0.2) is 24.0 Å². The summed E-state index contributed by atoms with van der Waals surface area (Å²) >= 11 is 0. The number of hydrogen-bond donors (Lipinski definition) is 1. The quantitative estimate of drug-likeness (QED) is 0.691. The second kappa shape index (κ2) is 6.80. The number of non-ortho nitro benzene ring substituents is 1. The zero-order chi connectivity index (χ0) is 17.0. The Morgan fingerprint density at radius 3 is 2.25 bits per heavy atom. The number of nitro benzene ring substituents is 1. The minimum Gasteiger partial charge on any atom is -0.381 e. The van der Waals surface area contributed by atoms with Crippen molar-refractivity contribution < 1.29 is 14.5 Å². The van der Waals surface area contributed by atoms with E-state index in [1.807, 2.05) is 30.3 Å². The predicted octanol–water partition coefficient (Wildman–Crippen LogP) is 3.03. The topological polar surface area (TPSA) is 81.5 Å². The van der Waals surface area contributed by atoms with Crippen LogP contribution in [0.5, 0.6) is 0 Å². The van der Waals surface area contributed by atoms with Crippen LogP contribution in [0.15, 0.2) is 54.6 Å². The number of hydrogen-bond acceptors (Lipinski definition) is 4. The first kappa shape index (κ1) is 16.1. The molecule has 6 nitrogen and oxygen atoms in total. The second-order valence-corrected chi connectivity index (χ2v) is 5.82. The van der Waals surface area contributed by atoms with Gasteiger partial charge in [-0.1, -0.05) is 30.3 Å². The van der Waals surface area contributed by atoms with Crippen LogP contribution in [0.2, 0.25) is 0 Å². The van der Waals surface area contributed by atoms with Crippen LogP contribution in [0.4, 0.5) is 5.69 Å². The molecule has 1 N–H and O–H groups in total. The maximum Gasteiger partial charge on any atom is 0.269 e. The third-order valence-corrected chi connectivity index (χ3v) is 4.37. The fraction of sp³-hybridized carbons (Fsp3) is 0.278. The Morgan fingerprint density at radius 2 is 1.67 bits per heavy atom. The molecule has 0 radical (unpaired) electrons. The molecule has 124 valence electrons. The van der Waals surface area contributed by atoms with Gasteiger partial charge in [0, 0.05) is 30.9 Å². The molecule has 2 aromatic carbocycles. The predicted molar refractivity (Wildman–Crippen MR) is 88.7 cm³/mol. The molecule has 1 aliphatic heterocycles. The Bertz CT molecular complexity index is 722. The number of carbonyl (C=O) groups excluding carboxylic acids is 1. The van der Waals surface area contributed by atoms with E-state index < -0.39 is 10.5 Å². The molecule has 2 aromatic rings. The molecular weight excluding hydrogens is 308 g/mol. The van der Waals surface area contributed by atoms with E-state index in [1.165, 1.54) is 24.3 Å². The van der Waals surface area contributed by atoms with Crippen molar-refractivity contribution in [1.82, 2.24) is 5.32 Å². The largest absolute Gasteiger partial charge is 0.381 e. The van der Waals surface area contributed by atoms with Crippen molar-refractivity contribution in [3.8, 4) is 0 Å². The standard InChI is InChI=1S/C18H18N2O4/c21-17(14-6-8-16(9-7-14)20(22)23)19-18(10-12-24-13-11-18)15-4-2-1-3-5-15/h1-9H,10-13H2,(H,19,21). The lowest BCUT2D eigenvalue weighted by atomic mass is 9.82. The van der Waals surface area contributed by atoms with Gasteiger partial charge in [-0.2, -0.15) is 0 Å². The highest BCUT2D eigenvalue weighted by Crippen LogP contribution is 2.32. The van der Waals surface area contributed by atoms with Gasteiger partial charge in [-0.25, -0.2) is 0 Å². The molecule has 0 aliphatic carbocycles. The van der Waals surface area contributed by atoms with E-state index in [-0.39, 0.29) is 11.6 Å². The van der Waals surface area contributed by atoms with Crippen molar-refractivity contribution in [3.63, 3.8) is 0 Å². The maximum atomic E-state index is 12.7. The number of ether oxygens (including phenoxy) is 1. The lowest BCUT2D eigenvalue weighted by molar-refractivity contribution is -0.384. The lowest BCUT2D eigenvalue weighted by Gasteiger charge is -2.38. The first-order valence-electron chi connectivity index (χ1n) is 7.81. The van der Waals surface area contributed by atoms with Crippen molar-refractivity contribution >= 4 is 11.6 Å². The minimum atomic E-state index is -0.481. The SMILES string of the molecule is O=C(NC1(c2ccccc2)CCOCC1)c1ccc([N+](=O)[O-])cc1. The summed E-state index contributed by atoms with van der Waals surface area (Å²) in [4.78, 5) is 22.9. The number of nitrogens with zero attached hydrogens (tertiary/aromatic N) is 1. The molecule has 6 heteroatoms. The number of nitrogens with one attached hydrogen (secondary N) is 1. The van der Waals surface area contributed by atoms with E-state index in [9.17, 15) is 14.9 Å². The number of rotatable bonds is 4. The lowest BCUT2D eigenvalue weighted by Crippen LogP contribution is -2.49. The second-order valence-electron chi connectivity index (χ2n) is 5.82. The Kier molecular flexibility index (Phi) is 4.57. The Balaban J connectivity index is 1.85. The van der Waals surface area contributed by atoms with Gasteiger partial charge in [-0.05, 0) is 30.5 Å². The molecule has 1 heterocycles. The van der Waals surface area contributed by atoms with Gasteiger partial charge in [-0.15, -0.1) is 0 Å². The average molecular weight is 326 g/mol. The summed E-state index contributed by atoms with van der Waals surface area (Å²) in [5.74, 6) is -0.240. The summed E-state index contributed by atoms with van der Waals surface area (Å²) in [5, 5.41) is 13.9. The zero-order valence-electron chi connectivity index (χ0n) is 13.1. The molecule has 0 saturated carbocycles. The van der Waals surface area contributed by atoms with Crippen molar-refractivity contribution in [2.75, 3.05) is 13.2 Å². The number of benzene rings is 2. The van der Waals surface area contributed by atoms with Gasteiger partial charge in [0.2, 0.25) is 0 Å². The zero-order valence-corrected chi connectivity index (χ0v) is 13.1. The summed E-state index contributed by atoms with van der Waals surface area (Å²) in [5.41, 5.74) is 0.944. The van der Waals surface area contributed by atoms with E-state index in [4.69, 9.17) is 4.74 Å². The summed E-state index contributed by atoms with van der Waals surface area (Å²) in [6, 6.07) is 15.5. The van der Waals surface area contributed by atoms with E-state index in [0.717, 1.165) is 5.56 Å². The van der Waals surface area contributed by atoms with Crippen molar-refractivity contribution in [3.05, 3.63) is 75.8 Å². The summed E-state index contributed by atoms with van der Waals surface area (Å²) in [7, 11) is 0. The van der Waals surface area contributed by atoms with Gasteiger partial charge in [0.25, 0.3) is 11.6 Å². The Hall–Kier alpha value is -2.73. The number of nitro groups is 1. The first-order valence-corrected chi connectivity index (χ1v) is 7.81. The van der Waals surface area contributed by atoms with E-state index in [1.54, 1.807) is 0 Å². The highest BCUT2D eigenvalue weighted by Gasteiger charge is 2.36. The fourth-order valence-electron chi connectivity index (χ4n) is 2.99.